The summed E-state index contributed by atoms with van der Waals surface area (Å²) in [5, 5.41) is 13.5. The largest absolute Gasteiger partial charge is 0.345 e. The molecular weight excluding hydrogens is 316 g/mol. The quantitative estimate of drug-likeness (QED) is 0.288. The standard InChI is InChI=1S/C18H44N6O/c1-19-15(9-11-23(5)6)13-17(21-3)25-18(22-4)14-16(20-2)10-12-24(7)8/h15-22H,9-14H2,1-8H3. The second-order valence-electron chi connectivity index (χ2n) is 7.32. The minimum Gasteiger partial charge on any atom is -0.345 e. The molecule has 4 atom stereocenters. The molecule has 0 rings (SSSR count). The second kappa shape index (κ2) is 14.8. The molecule has 0 aliphatic carbocycles. The van der Waals surface area contributed by atoms with Crippen LogP contribution in [0.2, 0.25) is 0 Å². The number of nitrogens with zero attached hydrogens (tertiary/aromatic N) is 2. The SMILES string of the molecule is CNC(CCN(C)C)CC(NC)OC(CC(CCN(C)C)NC)NC. The van der Waals surface area contributed by atoms with Crippen LogP contribution in [0.4, 0.5) is 0 Å². The van der Waals surface area contributed by atoms with Gasteiger partial charge >= 0.3 is 0 Å². The molecule has 152 valence electrons. The lowest BCUT2D eigenvalue weighted by molar-refractivity contribution is -0.0553. The van der Waals surface area contributed by atoms with Crippen molar-refractivity contribution in [1.82, 2.24) is 31.1 Å². The van der Waals surface area contributed by atoms with Gasteiger partial charge < -0.3 is 25.2 Å². The van der Waals surface area contributed by atoms with Crippen LogP contribution in [0.1, 0.15) is 25.7 Å². The Balaban J connectivity index is 4.50. The fourth-order valence-electron chi connectivity index (χ4n) is 2.79. The predicted molar refractivity (Wildman–Crippen MR) is 108 cm³/mol. The van der Waals surface area contributed by atoms with Gasteiger partial charge in [0.15, 0.2) is 0 Å². The van der Waals surface area contributed by atoms with E-state index in [0.29, 0.717) is 12.1 Å². The molecule has 0 saturated carbocycles. The summed E-state index contributed by atoms with van der Waals surface area (Å²) in [6.07, 6.45) is 4.17. The third-order valence-electron chi connectivity index (χ3n) is 4.64. The summed E-state index contributed by atoms with van der Waals surface area (Å²) in [7, 11) is 16.4. The lowest BCUT2D eigenvalue weighted by atomic mass is 10.1. The minimum absolute atomic E-state index is 0.0309. The first kappa shape index (κ1) is 24.7. The topological polar surface area (TPSA) is 63.8 Å². The Morgan fingerprint density at radius 1 is 0.640 bits per heavy atom. The summed E-state index contributed by atoms with van der Waals surface area (Å²) < 4.78 is 6.30. The fourth-order valence-corrected chi connectivity index (χ4v) is 2.79. The molecule has 0 aliphatic heterocycles. The Morgan fingerprint density at radius 2 is 1.00 bits per heavy atom. The van der Waals surface area contributed by atoms with Crippen molar-refractivity contribution in [3.8, 4) is 0 Å². The first-order valence-corrected chi connectivity index (χ1v) is 9.50. The Hall–Kier alpha value is -0.280. The van der Waals surface area contributed by atoms with E-state index in [9.17, 15) is 0 Å². The maximum atomic E-state index is 6.30. The lowest BCUT2D eigenvalue weighted by Gasteiger charge is -2.30. The molecule has 0 spiro atoms. The van der Waals surface area contributed by atoms with Crippen molar-refractivity contribution in [2.24, 2.45) is 0 Å². The number of rotatable bonds is 16. The average Bonchev–Trinajstić information content (AvgIpc) is 2.59. The van der Waals surface area contributed by atoms with Crippen molar-refractivity contribution >= 4 is 0 Å². The maximum Gasteiger partial charge on any atom is 0.111 e. The minimum atomic E-state index is 0.0309. The fraction of sp³-hybridized carbons (Fsp3) is 1.00. The summed E-state index contributed by atoms with van der Waals surface area (Å²) in [4.78, 5) is 4.44. The molecular formula is C18H44N6O. The number of ether oxygens (including phenoxy) is 1. The van der Waals surface area contributed by atoms with E-state index in [1.165, 1.54) is 0 Å². The van der Waals surface area contributed by atoms with Crippen molar-refractivity contribution < 1.29 is 4.74 Å². The first-order valence-electron chi connectivity index (χ1n) is 9.50. The van der Waals surface area contributed by atoms with E-state index in [-0.39, 0.29) is 12.5 Å². The molecule has 0 aliphatic rings. The third-order valence-corrected chi connectivity index (χ3v) is 4.64. The monoisotopic (exact) mass is 360 g/mol. The van der Waals surface area contributed by atoms with Gasteiger partial charge in [0.25, 0.3) is 0 Å². The predicted octanol–water partition coefficient (Wildman–Crippen LogP) is -0.0464. The maximum absolute atomic E-state index is 6.30. The lowest BCUT2D eigenvalue weighted by Crippen LogP contribution is -2.45. The molecule has 25 heavy (non-hydrogen) atoms. The zero-order chi connectivity index (χ0) is 19.2. The van der Waals surface area contributed by atoms with E-state index in [1.807, 2.05) is 28.2 Å². The van der Waals surface area contributed by atoms with Crippen molar-refractivity contribution in [1.29, 1.82) is 0 Å². The van der Waals surface area contributed by atoms with Crippen molar-refractivity contribution in [3.05, 3.63) is 0 Å². The van der Waals surface area contributed by atoms with E-state index in [1.54, 1.807) is 0 Å². The van der Waals surface area contributed by atoms with Gasteiger partial charge in [-0.3, -0.25) is 10.6 Å². The summed E-state index contributed by atoms with van der Waals surface area (Å²) in [5.41, 5.74) is 0. The molecule has 0 aromatic carbocycles. The zero-order valence-corrected chi connectivity index (χ0v) is 17.9. The average molecular weight is 361 g/mol. The molecule has 0 amide bonds. The van der Waals surface area contributed by atoms with Gasteiger partial charge in [-0.2, -0.15) is 0 Å². The van der Waals surface area contributed by atoms with Gasteiger partial charge in [0, 0.05) is 24.9 Å². The van der Waals surface area contributed by atoms with E-state index in [4.69, 9.17) is 4.74 Å². The molecule has 0 aromatic heterocycles. The highest BCUT2D eigenvalue weighted by molar-refractivity contribution is 4.74. The summed E-state index contributed by atoms with van der Waals surface area (Å²) in [6.45, 7) is 2.15. The summed E-state index contributed by atoms with van der Waals surface area (Å²) >= 11 is 0. The normalized spacial score (nSPS) is 17.0. The molecule has 0 fully saturated rings. The molecule has 7 nitrogen and oxygen atoms in total. The van der Waals surface area contributed by atoms with Crippen LogP contribution in [0.5, 0.6) is 0 Å². The molecule has 0 radical (unpaired) electrons. The van der Waals surface area contributed by atoms with Gasteiger partial charge in [0.1, 0.15) is 12.5 Å². The van der Waals surface area contributed by atoms with Crippen LogP contribution in [0.25, 0.3) is 0 Å². The molecule has 0 heterocycles. The van der Waals surface area contributed by atoms with Crippen molar-refractivity contribution in [2.75, 3.05) is 69.5 Å². The van der Waals surface area contributed by atoms with E-state index in [2.05, 4.69) is 59.3 Å². The number of hydrogen-bond donors (Lipinski definition) is 4. The van der Waals surface area contributed by atoms with Gasteiger partial charge in [-0.05, 0) is 82.3 Å². The highest BCUT2D eigenvalue weighted by Crippen LogP contribution is 2.10. The Morgan fingerprint density at radius 3 is 1.24 bits per heavy atom. The number of nitrogens with one attached hydrogen (secondary N) is 4. The molecule has 0 bridgehead atoms. The molecule has 4 N–H and O–H groups in total. The van der Waals surface area contributed by atoms with Crippen molar-refractivity contribution in [2.45, 2.75) is 50.2 Å². The van der Waals surface area contributed by atoms with Crippen LogP contribution in [0.3, 0.4) is 0 Å². The second-order valence-corrected chi connectivity index (χ2v) is 7.32. The van der Waals surface area contributed by atoms with Crippen LogP contribution in [0.15, 0.2) is 0 Å². The van der Waals surface area contributed by atoms with E-state index < -0.39 is 0 Å². The van der Waals surface area contributed by atoms with Crippen LogP contribution >= 0.6 is 0 Å². The van der Waals surface area contributed by atoms with Crippen LogP contribution < -0.4 is 21.3 Å². The molecule has 4 unspecified atom stereocenters. The first-order chi connectivity index (χ1) is 11.9. The van der Waals surface area contributed by atoms with Crippen LogP contribution in [-0.2, 0) is 4.74 Å². The van der Waals surface area contributed by atoms with Gasteiger partial charge in [-0.25, -0.2) is 0 Å². The highest BCUT2D eigenvalue weighted by Gasteiger charge is 2.21. The van der Waals surface area contributed by atoms with Gasteiger partial charge in [-0.1, -0.05) is 0 Å². The third kappa shape index (κ3) is 12.7. The zero-order valence-electron chi connectivity index (χ0n) is 17.9. The summed E-state index contributed by atoms with van der Waals surface area (Å²) in [6, 6.07) is 0.873. The Kier molecular flexibility index (Phi) is 14.7. The van der Waals surface area contributed by atoms with Crippen LogP contribution in [-0.4, -0.2) is 104 Å². The van der Waals surface area contributed by atoms with E-state index in [0.717, 1.165) is 38.8 Å². The van der Waals surface area contributed by atoms with E-state index >= 15 is 0 Å². The highest BCUT2D eigenvalue weighted by atomic mass is 16.5. The van der Waals surface area contributed by atoms with Gasteiger partial charge in [0.2, 0.25) is 0 Å². The van der Waals surface area contributed by atoms with Crippen LogP contribution in [0, 0.1) is 0 Å². The Labute approximate surface area is 156 Å². The number of hydrogen-bond acceptors (Lipinski definition) is 7. The van der Waals surface area contributed by atoms with Gasteiger partial charge in [0.05, 0.1) is 0 Å². The smallest absolute Gasteiger partial charge is 0.111 e. The van der Waals surface area contributed by atoms with Gasteiger partial charge in [-0.15, -0.1) is 0 Å². The van der Waals surface area contributed by atoms with Crippen molar-refractivity contribution in [3.63, 3.8) is 0 Å². The molecule has 0 aromatic rings. The Bertz CT molecular complexity index is 275. The summed E-state index contributed by atoms with van der Waals surface area (Å²) in [5.74, 6) is 0. The molecule has 7 heteroatoms. The molecule has 0 saturated heterocycles.